The van der Waals surface area contributed by atoms with Crippen molar-refractivity contribution in [2.75, 3.05) is 23.3 Å². The fourth-order valence-electron chi connectivity index (χ4n) is 2.73. The highest BCUT2D eigenvalue weighted by Crippen LogP contribution is 2.21. The van der Waals surface area contributed by atoms with E-state index >= 15 is 0 Å². The second-order valence-electron chi connectivity index (χ2n) is 5.76. The van der Waals surface area contributed by atoms with Crippen LogP contribution in [-0.2, 0) is 10.0 Å². The number of primary sulfonamides is 1. The van der Waals surface area contributed by atoms with Crippen LogP contribution in [0.3, 0.4) is 0 Å². The van der Waals surface area contributed by atoms with E-state index in [4.69, 9.17) is 5.14 Å². The van der Waals surface area contributed by atoms with Crippen LogP contribution in [0.25, 0.3) is 0 Å². The molecule has 1 aliphatic heterocycles. The van der Waals surface area contributed by atoms with Gasteiger partial charge in [0.25, 0.3) is 5.91 Å². The first kappa shape index (κ1) is 16.5. The van der Waals surface area contributed by atoms with Crippen molar-refractivity contribution in [1.29, 1.82) is 0 Å². The molecule has 6 nitrogen and oxygen atoms in total. The SMILES string of the molecule is NS(=O)(=O)c1ccc(NC(=O)c2ccc(N3CCCC3)cc2)cc1. The lowest BCUT2D eigenvalue weighted by Crippen LogP contribution is -2.18. The van der Waals surface area contributed by atoms with Crippen molar-refractivity contribution in [3.05, 3.63) is 54.1 Å². The molecule has 2 aromatic rings. The van der Waals surface area contributed by atoms with E-state index in [0.717, 1.165) is 18.8 Å². The zero-order valence-corrected chi connectivity index (χ0v) is 13.9. The molecule has 0 bridgehead atoms. The van der Waals surface area contributed by atoms with Gasteiger partial charge in [0.2, 0.25) is 10.0 Å². The van der Waals surface area contributed by atoms with Gasteiger partial charge in [0, 0.05) is 30.0 Å². The molecule has 3 N–H and O–H groups in total. The van der Waals surface area contributed by atoms with E-state index in [2.05, 4.69) is 10.2 Å². The summed E-state index contributed by atoms with van der Waals surface area (Å²) in [5.41, 5.74) is 2.19. The second-order valence-corrected chi connectivity index (χ2v) is 7.33. The van der Waals surface area contributed by atoms with Crippen LogP contribution >= 0.6 is 0 Å². The lowest BCUT2D eigenvalue weighted by atomic mass is 10.2. The van der Waals surface area contributed by atoms with Gasteiger partial charge in [0.05, 0.1) is 4.90 Å². The van der Waals surface area contributed by atoms with Gasteiger partial charge in [-0.1, -0.05) is 0 Å². The average molecular weight is 345 g/mol. The molecule has 126 valence electrons. The number of hydrogen-bond acceptors (Lipinski definition) is 4. The highest BCUT2D eigenvalue weighted by atomic mass is 32.2. The van der Waals surface area contributed by atoms with E-state index < -0.39 is 10.0 Å². The van der Waals surface area contributed by atoms with E-state index in [0.29, 0.717) is 11.3 Å². The van der Waals surface area contributed by atoms with Crippen LogP contribution in [0.2, 0.25) is 0 Å². The van der Waals surface area contributed by atoms with Crippen LogP contribution in [0.5, 0.6) is 0 Å². The maximum absolute atomic E-state index is 12.3. The summed E-state index contributed by atoms with van der Waals surface area (Å²) in [6.45, 7) is 2.11. The van der Waals surface area contributed by atoms with Crippen molar-refractivity contribution in [2.45, 2.75) is 17.7 Å². The number of carbonyl (C=O) groups excluding carboxylic acids is 1. The Hall–Kier alpha value is -2.38. The summed E-state index contributed by atoms with van der Waals surface area (Å²) in [7, 11) is -3.73. The van der Waals surface area contributed by atoms with Gasteiger partial charge in [-0.25, -0.2) is 13.6 Å². The Morgan fingerprint density at radius 3 is 2.08 bits per heavy atom. The Labute approximate surface area is 141 Å². The standard InChI is InChI=1S/C17H19N3O3S/c18-24(22,23)16-9-5-14(6-10-16)19-17(21)13-3-7-15(8-4-13)20-11-1-2-12-20/h3-10H,1-2,11-12H2,(H,19,21)(H2,18,22,23). The molecule has 24 heavy (non-hydrogen) atoms. The normalized spacial score (nSPS) is 14.6. The van der Waals surface area contributed by atoms with Crippen LogP contribution in [-0.4, -0.2) is 27.4 Å². The fourth-order valence-corrected chi connectivity index (χ4v) is 3.25. The first-order chi connectivity index (χ1) is 11.4. The highest BCUT2D eigenvalue weighted by Gasteiger charge is 2.13. The highest BCUT2D eigenvalue weighted by molar-refractivity contribution is 7.89. The molecule has 1 heterocycles. The number of anilines is 2. The van der Waals surface area contributed by atoms with Crippen molar-refractivity contribution in [3.63, 3.8) is 0 Å². The van der Waals surface area contributed by atoms with Crippen LogP contribution in [0.1, 0.15) is 23.2 Å². The zero-order valence-electron chi connectivity index (χ0n) is 13.1. The first-order valence-electron chi connectivity index (χ1n) is 7.73. The minimum Gasteiger partial charge on any atom is -0.372 e. The van der Waals surface area contributed by atoms with E-state index in [9.17, 15) is 13.2 Å². The van der Waals surface area contributed by atoms with Crippen molar-refractivity contribution in [1.82, 2.24) is 0 Å². The van der Waals surface area contributed by atoms with Crippen LogP contribution in [0.15, 0.2) is 53.4 Å². The summed E-state index contributed by atoms with van der Waals surface area (Å²) in [4.78, 5) is 14.6. The van der Waals surface area contributed by atoms with Gasteiger partial charge in [0.15, 0.2) is 0 Å². The Balaban J connectivity index is 1.68. The summed E-state index contributed by atoms with van der Waals surface area (Å²) in [5.74, 6) is -0.244. The molecule has 0 atom stereocenters. The van der Waals surface area contributed by atoms with Crippen LogP contribution in [0, 0.1) is 0 Å². The molecule has 1 aliphatic rings. The van der Waals surface area contributed by atoms with Gasteiger partial charge in [-0.2, -0.15) is 0 Å². The lowest BCUT2D eigenvalue weighted by molar-refractivity contribution is 0.102. The third-order valence-corrected chi connectivity index (χ3v) is 4.97. The molecule has 7 heteroatoms. The van der Waals surface area contributed by atoms with Gasteiger partial charge in [-0.05, 0) is 61.4 Å². The minimum atomic E-state index is -3.73. The number of nitrogens with two attached hydrogens (primary N) is 1. The van der Waals surface area contributed by atoms with E-state index in [1.807, 2.05) is 12.1 Å². The summed E-state index contributed by atoms with van der Waals surface area (Å²) in [6.07, 6.45) is 2.41. The minimum absolute atomic E-state index is 0.00969. The Bertz CT molecular complexity index is 824. The van der Waals surface area contributed by atoms with E-state index in [1.165, 1.54) is 37.1 Å². The maximum atomic E-state index is 12.3. The fraction of sp³-hybridized carbons (Fsp3) is 0.235. The molecule has 0 spiro atoms. The van der Waals surface area contributed by atoms with Crippen LogP contribution in [0.4, 0.5) is 11.4 Å². The van der Waals surface area contributed by atoms with Gasteiger partial charge < -0.3 is 10.2 Å². The van der Waals surface area contributed by atoms with Gasteiger partial charge in [0.1, 0.15) is 0 Å². The molecule has 3 rings (SSSR count). The monoisotopic (exact) mass is 345 g/mol. The Morgan fingerprint density at radius 2 is 1.54 bits per heavy atom. The molecular formula is C17H19N3O3S. The number of hydrogen-bond donors (Lipinski definition) is 2. The third-order valence-electron chi connectivity index (χ3n) is 4.04. The molecule has 1 fully saturated rings. The molecule has 1 saturated heterocycles. The number of benzene rings is 2. The molecule has 0 saturated carbocycles. The third kappa shape index (κ3) is 3.74. The number of nitrogens with zero attached hydrogens (tertiary/aromatic N) is 1. The van der Waals surface area contributed by atoms with Crippen LogP contribution < -0.4 is 15.4 Å². The summed E-state index contributed by atoms with van der Waals surface area (Å²) in [5, 5.41) is 7.78. The predicted molar refractivity (Wildman–Crippen MR) is 93.7 cm³/mol. The smallest absolute Gasteiger partial charge is 0.255 e. The van der Waals surface area contributed by atoms with E-state index in [1.54, 1.807) is 12.1 Å². The maximum Gasteiger partial charge on any atom is 0.255 e. The van der Waals surface area contributed by atoms with Gasteiger partial charge >= 0.3 is 0 Å². The number of carbonyl (C=O) groups is 1. The molecule has 0 radical (unpaired) electrons. The number of amides is 1. The molecule has 0 aromatic heterocycles. The largest absolute Gasteiger partial charge is 0.372 e. The topological polar surface area (TPSA) is 92.5 Å². The average Bonchev–Trinajstić information content (AvgIpc) is 3.09. The lowest BCUT2D eigenvalue weighted by Gasteiger charge is -2.17. The first-order valence-corrected chi connectivity index (χ1v) is 9.27. The predicted octanol–water partition coefficient (Wildman–Crippen LogP) is 2.19. The van der Waals surface area contributed by atoms with Gasteiger partial charge in [-0.3, -0.25) is 4.79 Å². The van der Waals surface area contributed by atoms with Crippen molar-refractivity contribution < 1.29 is 13.2 Å². The Kier molecular flexibility index (Phi) is 4.55. The molecule has 0 aliphatic carbocycles. The van der Waals surface area contributed by atoms with Gasteiger partial charge in [-0.15, -0.1) is 0 Å². The second kappa shape index (κ2) is 6.62. The summed E-state index contributed by atoms with van der Waals surface area (Å²) in [6, 6.07) is 13.2. The Morgan fingerprint density at radius 1 is 0.958 bits per heavy atom. The number of nitrogens with one attached hydrogen (secondary N) is 1. The zero-order chi connectivity index (χ0) is 17.2. The molecule has 1 amide bonds. The van der Waals surface area contributed by atoms with Crippen molar-refractivity contribution in [2.24, 2.45) is 5.14 Å². The summed E-state index contributed by atoms with van der Waals surface area (Å²) >= 11 is 0. The molecular weight excluding hydrogens is 326 g/mol. The van der Waals surface area contributed by atoms with Crippen molar-refractivity contribution >= 4 is 27.3 Å². The summed E-state index contributed by atoms with van der Waals surface area (Å²) < 4.78 is 22.4. The molecule has 2 aromatic carbocycles. The number of rotatable bonds is 4. The van der Waals surface area contributed by atoms with Crippen molar-refractivity contribution in [3.8, 4) is 0 Å². The molecule has 0 unspecified atom stereocenters. The quantitative estimate of drug-likeness (QED) is 0.888. The number of sulfonamides is 1. The van der Waals surface area contributed by atoms with E-state index in [-0.39, 0.29) is 10.8 Å².